The second kappa shape index (κ2) is 8.03. The van der Waals surface area contributed by atoms with Crippen LogP contribution in [0.3, 0.4) is 0 Å². The normalized spacial score (nSPS) is 18.8. The number of rotatable bonds is 6. The molecule has 1 aromatic rings. The van der Waals surface area contributed by atoms with Crippen LogP contribution in [0.25, 0.3) is 0 Å². The summed E-state index contributed by atoms with van der Waals surface area (Å²) < 4.78 is 37.4. The van der Waals surface area contributed by atoms with Gasteiger partial charge in [0.25, 0.3) is 10.2 Å². The van der Waals surface area contributed by atoms with Crippen LogP contribution in [0.2, 0.25) is 0 Å². The molecule has 2 rings (SSSR count). The summed E-state index contributed by atoms with van der Waals surface area (Å²) in [7, 11) is 2.53. The summed E-state index contributed by atoms with van der Waals surface area (Å²) in [5.74, 6) is 0.490. The molecule has 9 heteroatoms. The van der Waals surface area contributed by atoms with Crippen LogP contribution in [0.5, 0.6) is 11.5 Å². The van der Waals surface area contributed by atoms with Gasteiger partial charge in [-0.25, -0.2) is 0 Å². The Labute approximate surface area is 148 Å². The van der Waals surface area contributed by atoms with Crippen molar-refractivity contribution in [3.63, 3.8) is 0 Å². The Bertz CT molecular complexity index is 720. The van der Waals surface area contributed by atoms with Crippen molar-refractivity contribution in [1.82, 2.24) is 8.61 Å². The number of carbonyl (C=O) groups is 1. The molecule has 0 spiro atoms. The average molecular weight is 371 g/mol. The first-order valence-corrected chi connectivity index (χ1v) is 9.39. The molecule has 8 nitrogen and oxygen atoms in total. The van der Waals surface area contributed by atoms with Crippen molar-refractivity contribution in [3.05, 3.63) is 18.2 Å². The molecule has 1 amide bonds. The molecule has 0 aliphatic carbocycles. The molecule has 25 heavy (non-hydrogen) atoms. The van der Waals surface area contributed by atoms with Crippen LogP contribution in [-0.4, -0.2) is 64.3 Å². The monoisotopic (exact) mass is 371 g/mol. The summed E-state index contributed by atoms with van der Waals surface area (Å²) in [4.78, 5) is 12.5. The molecule has 1 heterocycles. The van der Waals surface area contributed by atoms with Gasteiger partial charge in [0, 0.05) is 38.9 Å². The molecule has 1 aliphatic heterocycles. The number of ether oxygens (including phenoxy) is 2. The summed E-state index contributed by atoms with van der Waals surface area (Å²) in [6.45, 7) is 0.611. The molecular formula is C16H25N3O5S. The minimum Gasteiger partial charge on any atom is -0.493 e. The lowest BCUT2D eigenvalue weighted by atomic mass is 9.98. The summed E-state index contributed by atoms with van der Waals surface area (Å²) in [6.07, 6.45) is 1.30. The van der Waals surface area contributed by atoms with Crippen molar-refractivity contribution < 1.29 is 22.7 Å². The van der Waals surface area contributed by atoms with Crippen LogP contribution in [-0.2, 0) is 15.0 Å². The molecule has 0 bridgehead atoms. The highest BCUT2D eigenvalue weighted by molar-refractivity contribution is 7.86. The molecule has 1 aromatic carbocycles. The Hall–Kier alpha value is -1.84. The van der Waals surface area contributed by atoms with E-state index < -0.39 is 16.1 Å². The number of nitrogens with one attached hydrogen (secondary N) is 1. The maximum atomic E-state index is 12.5. The highest BCUT2D eigenvalue weighted by atomic mass is 32.2. The standard InChI is InChI=1S/C16H25N3O5S/c1-18(2)25(21,22)19-9-5-6-12(11-19)16(20)17-13-7-8-14(23-3)15(10-13)24-4/h7-8,10,12H,5-6,9,11H2,1-4H3,(H,17,20). The highest BCUT2D eigenvalue weighted by Crippen LogP contribution is 2.30. The lowest BCUT2D eigenvalue weighted by molar-refractivity contribution is -0.120. The zero-order valence-corrected chi connectivity index (χ0v) is 15.8. The first-order chi connectivity index (χ1) is 11.8. The van der Waals surface area contributed by atoms with Crippen LogP contribution >= 0.6 is 0 Å². The summed E-state index contributed by atoms with van der Waals surface area (Å²) in [5, 5.41) is 2.83. The molecule has 0 aromatic heterocycles. The number of carbonyl (C=O) groups excluding carboxylic acids is 1. The van der Waals surface area contributed by atoms with E-state index in [9.17, 15) is 13.2 Å². The van der Waals surface area contributed by atoms with Gasteiger partial charge >= 0.3 is 0 Å². The van der Waals surface area contributed by atoms with Gasteiger partial charge in [-0.1, -0.05) is 0 Å². The lowest BCUT2D eigenvalue weighted by Gasteiger charge is -2.32. The molecule has 1 saturated heterocycles. The van der Waals surface area contributed by atoms with Gasteiger partial charge in [-0.3, -0.25) is 4.79 Å². The molecular weight excluding hydrogens is 346 g/mol. The Morgan fingerprint density at radius 3 is 2.52 bits per heavy atom. The zero-order chi connectivity index (χ0) is 18.6. The van der Waals surface area contributed by atoms with E-state index in [4.69, 9.17) is 9.47 Å². The Balaban J connectivity index is 2.08. The second-order valence-electron chi connectivity index (χ2n) is 6.05. The predicted molar refractivity (Wildman–Crippen MR) is 95.1 cm³/mol. The predicted octanol–water partition coefficient (Wildman–Crippen LogP) is 1.16. The van der Waals surface area contributed by atoms with Gasteiger partial charge in [0.05, 0.1) is 20.1 Å². The van der Waals surface area contributed by atoms with Crippen molar-refractivity contribution >= 4 is 21.8 Å². The van der Waals surface area contributed by atoms with Crippen molar-refractivity contribution in [2.45, 2.75) is 12.8 Å². The third kappa shape index (κ3) is 4.42. The van der Waals surface area contributed by atoms with E-state index in [1.807, 2.05) is 0 Å². The summed E-state index contributed by atoms with van der Waals surface area (Å²) >= 11 is 0. The SMILES string of the molecule is COc1ccc(NC(=O)C2CCCN(S(=O)(=O)N(C)C)C2)cc1OC. The first-order valence-electron chi connectivity index (χ1n) is 8.00. The number of hydrogen-bond acceptors (Lipinski definition) is 5. The maximum Gasteiger partial charge on any atom is 0.281 e. The number of anilines is 1. The number of methoxy groups -OCH3 is 2. The maximum absolute atomic E-state index is 12.5. The molecule has 0 saturated carbocycles. The van der Waals surface area contributed by atoms with E-state index in [0.717, 1.165) is 0 Å². The second-order valence-corrected chi connectivity index (χ2v) is 8.19. The number of amides is 1. The van der Waals surface area contributed by atoms with Gasteiger partial charge in [0.1, 0.15) is 0 Å². The van der Waals surface area contributed by atoms with Gasteiger partial charge in [0.2, 0.25) is 5.91 Å². The quantitative estimate of drug-likeness (QED) is 0.811. The molecule has 1 unspecified atom stereocenters. The molecule has 1 fully saturated rings. The van der Waals surface area contributed by atoms with E-state index in [1.54, 1.807) is 18.2 Å². The van der Waals surface area contributed by atoms with Crippen LogP contribution < -0.4 is 14.8 Å². The highest BCUT2D eigenvalue weighted by Gasteiger charge is 2.33. The molecule has 1 N–H and O–H groups in total. The first kappa shape index (κ1) is 19.5. The minimum absolute atomic E-state index is 0.180. The fourth-order valence-electron chi connectivity index (χ4n) is 2.76. The molecule has 1 atom stereocenters. The fourth-order valence-corrected chi connectivity index (χ4v) is 3.95. The van der Waals surface area contributed by atoms with Gasteiger partial charge in [-0.05, 0) is 25.0 Å². The number of piperidine rings is 1. The topological polar surface area (TPSA) is 88.2 Å². The van der Waals surface area contributed by atoms with Crippen LogP contribution in [0.1, 0.15) is 12.8 Å². The smallest absolute Gasteiger partial charge is 0.281 e. The van der Waals surface area contributed by atoms with Gasteiger partial charge < -0.3 is 14.8 Å². The zero-order valence-electron chi connectivity index (χ0n) is 15.0. The minimum atomic E-state index is -3.51. The number of nitrogens with zero attached hydrogens (tertiary/aromatic N) is 2. The third-order valence-electron chi connectivity index (χ3n) is 4.19. The van der Waals surface area contributed by atoms with Crippen molar-refractivity contribution in [1.29, 1.82) is 0 Å². The third-order valence-corrected chi connectivity index (χ3v) is 6.10. The number of benzene rings is 1. The van der Waals surface area contributed by atoms with Crippen LogP contribution in [0.15, 0.2) is 18.2 Å². The summed E-state index contributed by atoms with van der Waals surface area (Å²) in [6, 6.07) is 5.10. The Morgan fingerprint density at radius 2 is 1.92 bits per heavy atom. The molecule has 0 radical (unpaired) electrons. The Morgan fingerprint density at radius 1 is 1.24 bits per heavy atom. The summed E-state index contributed by atoms with van der Waals surface area (Å²) in [5.41, 5.74) is 0.579. The molecule has 140 valence electrons. The van der Waals surface area contributed by atoms with Crippen LogP contribution in [0.4, 0.5) is 5.69 Å². The van der Waals surface area contributed by atoms with Gasteiger partial charge in [0.15, 0.2) is 11.5 Å². The van der Waals surface area contributed by atoms with Gasteiger partial charge in [-0.15, -0.1) is 0 Å². The van der Waals surface area contributed by atoms with Crippen molar-refractivity contribution in [3.8, 4) is 11.5 Å². The van der Waals surface area contributed by atoms with E-state index >= 15 is 0 Å². The van der Waals surface area contributed by atoms with E-state index in [0.29, 0.717) is 36.6 Å². The average Bonchev–Trinajstić information content (AvgIpc) is 2.61. The van der Waals surface area contributed by atoms with Crippen molar-refractivity contribution in [2.24, 2.45) is 5.92 Å². The molecule has 1 aliphatic rings. The van der Waals surface area contributed by atoms with E-state index in [-0.39, 0.29) is 12.5 Å². The van der Waals surface area contributed by atoms with Crippen molar-refractivity contribution in [2.75, 3.05) is 46.7 Å². The van der Waals surface area contributed by atoms with E-state index in [2.05, 4.69) is 5.32 Å². The van der Waals surface area contributed by atoms with Crippen LogP contribution in [0, 0.1) is 5.92 Å². The lowest BCUT2D eigenvalue weighted by Crippen LogP contribution is -2.47. The Kier molecular flexibility index (Phi) is 6.26. The fraction of sp³-hybridized carbons (Fsp3) is 0.562. The van der Waals surface area contributed by atoms with Gasteiger partial charge in [-0.2, -0.15) is 17.0 Å². The number of hydrogen-bond donors (Lipinski definition) is 1. The largest absolute Gasteiger partial charge is 0.493 e. The van der Waals surface area contributed by atoms with E-state index in [1.165, 1.54) is 36.9 Å².